The van der Waals surface area contributed by atoms with E-state index in [9.17, 15) is 9.90 Å². The number of hydrogen-bond donors (Lipinski definition) is 2. The Morgan fingerprint density at radius 1 is 1.10 bits per heavy atom. The Labute approximate surface area is 123 Å². The number of benzene rings is 2. The molecule has 0 fully saturated rings. The van der Waals surface area contributed by atoms with Gasteiger partial charge in [0, 0.05) is 5.69 Å². The first kappa shape index (κ1) is 13.4. The van der Waals surface area contributed by atoms with Crippen LogP contribution in [0.15, 0.2) is 60.4 Å². The van der Waals surface area contributed by atoms with Crippen LogP contribution in [0.3, 0.4) is 0 Å². The van der Waals surface area contributed by atoms with Gasteiger partial charge in [0.15, 0.2) is 0 Å². The van der Waals surface area contributed by atoms with Gasteiger partial charge in [0.1, 0.15) is 11.2 Å². The molecule has 3 rings (SSSR count). The molecule has 2 aromatic carbocycles. The molecule has 1 unspecified atom stereocenters. The maximum absolute atomic E-state index is 12.6. The molecule has 0 bridgehead atoms. The van der Waals surface area contributed by atoms with E-state index in [4.69, 9.17) is 0 Å². The van der Waals surface area contributed by atoms with Crippen molar-refractivity contribution in [2.75, 3.05) is 5.32 Å². The molecule has 0 spiro atoms. The Kier molecular flexibility index (Phi) is 3.26. The van der Waals surface area contributed by atoms with E-state index in [1.807, 2.05) is 54.6 Å². The predicted octanol–water partition coefficient (Wildman–Crippen LogP) is 3.79. The van der Waals surface area contributed by atoms with Crippen molar-refractivity contribution in [3.05, 3.63) is 71.5 Å². The Balaban J connectivity index is 1.90. The third kappa shape index (κ3) is 2.42. The van der Waals surface area contributed by atoms with E-state index < -0.39 is 5.41 Å². The second-order valence-electron chi connectivity index (χ2n) is 5.56. The quantitative estimate of drug-likeness (QED) is 0.878. The lowest BCUT2D eigenvalue weighted by Gasteiger charge is -2.31. The number of aliphatic hydroxyl groups excluding tert-OH is 1. The largest absolute Gasteiger partial charge is 0.511 e. The van der Waals surface area contributed by atoms with E-state index >= 15 is 0 Å². The molecular formula is C18H17NO2. The van der Waals surface area contributed by atoms with Crippen LogP contribution >= 0.6 is 0 Å². The summed E-state index contributed by atoms with van der Waals surface area (Å²) in [6.45, 7) is 1.77. The SMILES string of the molecule is CC1(C(=O)Nc2ccccc2)Cc2ccccc2C=C1O. The second kappa shape index (κ2) is 5.09. The third-order valence-electron chi connectivity index (χ3n) is 3.99. The summed E-state index contributed by atoms with van der Waals surface area (Å²) in [5.74, 6) is -0.0911. The Morgan fingerprint density at radius 3 is 2.52 bits per heavy atom. The lowest BCUT2D eigenvalue weighted by molar-refractivity contribution is -0.124. The number of nitrogens with one attached hydrogen (secondary N) is 1. The van der Waals surface area contributed by atoms with Crippen molar-refractivity contribution in [2.45, 2.75) is 13.3 Å². The van der Waals surface area contributed by atoms with Crippen LogP contribution in [0.4, 0.5) is 5.69 Å². The minimum atomic E-state index is -0.940. The molecule has 1 atom stereocenters. The third-order valence-corrected chi connectivity index (χ3v) is 3.99. The molecule has 0 aromatic heterocycles. The molecule has 3 heteroatoms. The van der Waals surface area contributed by atoms with Crippen LogP contribution < -0.4 is 5.32 Å². The van der Waals surface area contributed by atoms with Crippen molar-refractivity contribution in [2.24, 2.45) is 5.41 Å². The summed E-state index contributed by atoms with van der Waals surface area (Å²) < 4.78 is 0. The fraction of sp³-hybridized carbons (Fsp3) is 0.167. The highest BCUT2D eigenvalue weighted by Gasteiger charge is 2.40. The molecule has 1 aliphatic rings. The van der Waals surface area contributed by atoms with E-state index in [2.05, 4.69) is 5.32 Å². The maximum atomic E-state index is 12.6. The molecule has 2 N–H and O–H groups in total. The highest BCUT2D eigenvalue weighted by molar-refractivity contribution is 5.98. The van der Waals surface area contributed by atoms with Crippen molar-refractivity contribution < 1.29 is 9.90 Å². The molecule has 0 radical (unpaired) electrons. The number of hydrogen-bond acceptors (Lipinski definition) is 2. The van der Waals surface area contributed by atoms with Gasteiger partial charge in [-0.05, 0) is 42.7 Å². The minimum absolute atomic E-state index is 0.106. The van der Waals surface area contributed by atoms with Gasteiger partial charge in [-0.15, -0.1) is 0 Å². The summed E-state index contributed by atoms with van der Waals surface area (Å²) in [5.41, 5.74) is 1.83. The van der Waals surface area contributed by atoms with Gasteiger partial charge in [-0.25, -0.2) is 0 Å². The van der Waals surface area contributed by atoms with Gasteiger partial charge in [-0.3, -0.25) is 4.79 Å². The van der Waals surface area contributed by atoms with Gasteiger partial charge >= 0.3 is 0 Å². The number of carbonyl (C=O) groups excluding carboxylic acids is 1. The van der Waals surface area contributed by atoms with Crippen LogP contribution in [0.2, 0.25) is 0 Å². The van der Waals surface area contributed by atoms with Crippen molar-refractivity contribution in [1.29, 1.82) is 0 Å². The van der Waals surface area contributed by atoms with Crippen LogP contribution in [-0.2, 0) is 11.2 Å². The van der Waals surface area contributed by atoms with Crippen molar-refractivity contribution >= 4 is 17.7 Å². The predicted molar refractivity (Wildman–Crippen MR) is 83.9 cm³/mol. The number of fused-ring (bicyclic) bond motifs is 1. The molecule has 106 valence electrons. The molecule has 0 heterocycles. The molecular weight excluding hydrogens is 262 g/mol. The van der Waals surface area contributed by atoms with Gasteiger partial charge in [0.2, 0.25) is 5.91 Å². The van der Waals surface area contributed by atoms with E-state index in [0.717, 1.165) is 16.8 Å². The highest BCUT2D eigenvalue weighted by Crippen LogP contribution is 2.37. The van der Waals surface area contributed by atoms with E-state index in [1.54, 1.807) is 13.0 Å². The number of anilines is 1. The first-order chi connectivity index (χ1) is 10.1. The zero-order valence-electron chi connectivity index (χ0n) is 11.8. The summed E-state index contributed by atoms with van der Waals surface area (Å²) in [6, 6.07) is 17.1. The first-order valence-electron chi connectivity index (χ1n) is 6.95. The summed E-state index contributed by atoms with van der Waals surface area (Å²) >= 11 is 0. The molecule has 0 saturated carbocycles. The summed E-state index contributed by atoms with van der Waals surface area (Å²) in [6.07, 6.45) is 2.17. The Bertz CT molecular complexity index is 706. The van der Waals surface area contributed by atoms with E-state index in [1.165, 1.54) is 0 Å². The highest BCUT2D eigenvalue weighted by atomic mass is 16.3. The average molecular weight is 279 g/mol. The summed E-state index contributed by atoms with van der Waals surface area (Å²) in [7, 11) is 0. The monoisotopic (exact) mass is 279 g/mol. The number of rotatable bonds is 2. The molecule has 3 nitrogen and oxygen atoms in total. The molecule has 0 aliphatic heterocycles. The fourth-order valence-corrected chi connectivity index (χ4v) is 2.60. The zero-order chi connectivity index (χ0) is 14.9. The minimum Gasteiger partial charge on any atom is -0.511 e. The van der Waals surface area contributed by atoms with Crippen LogP contribution in [-0.4, -0.2) is 11.0 Å². The summed E-state index contributed by atoms with van der Waals surface area (Å²) in [5, 5.41) is 13.2. The van der Waals surface area contributed by atoms with Crippen LogP contribution in [0, 0.1) is 5.41 Å². The van der Waals surface area contributed by atoms with Gasteiger partial charge in [0.05, 0.1) is 0 Å². The zero-order valence-corrected chi connectivity index (χ0v) is 11.8. The topological polar surface area (TPSA) is 49.3 Å². The van der Waals surface area contributed by atoms with Crippen molar-refractivity contribution in [3.63, 3.8) is 0 Å². The maximum Gasteiger partial charge on any atom is 0.238 e. The molecule has 1 amide bonds. The van der Waals surface area contributed by atoms with Gasteiger partial charge in [0.25, 0.3) is 0 Å². The lowest BCUT2D eigenvalue weighted by Crippen LogP contribution is -2.38. The lowest BCUT2D eigenvalue weighted by atomic mass is 9.75. The van der Waals surface area contributed by atoms with Crippen LogP contribution in [0.5, 0.6) is 0 Å². The smallest absolute Gasteiger partial charge is 0.238 e. The van der Waals surface area contributed by atoms with E-state index in [0.29, 0.717) is 6.42 Å². The molecule has 2 aromatic rings. The second-order valence-corrected chi connectivity index (χ2v) is 5.56. The fourth-order valence-electron chi connectivity index (χ4n) is 2.60. The average Bonchev–Trinajstić information content (AvgIpc) is 2.49. The molecule has 1 aliphatic carbocycles. The molecule has 21 heavy (non-hydrogen) atoms. The van der Waals surface area contributed by atoms with Gasteiger partial charge < -0.3 is 10.4 Å². The van der Waals surface area contributed by atoms with Crippen LogP contribution in [0.25, 0.3) is 6.08 Å². The standard InChI is InChI=1S/C18H17NO2/c1-18(17(21)19-15-9-3-2-4-10-15)12-14-8-6-5-7-13(14)11-16(18)20/h2-11,20H,12H2,1H3,(H,19,21). The number of para-hydroxylation sites is 1. The Hall–Kier alpha value is -2.55. The van der Waals surface area contributed by atoms with E-state index in [-0.39, 0.29) is 11.7 Å². The van der Waals surface area contributed by atoms with Crippen molar-refractivity contribution in [3.8, 4) is 0 Å². The first-order valence-corrected chi connectivity index (χ1v) is 6.95. The number of aliphatic hydroxyl groups is 1. The van der Waals surface area contributed by atoms with Gasteiger partial charge in [-0.2, -0.15) is 0 Å². The van der Waals surface area contributed by atoms with Crippen molar-refractivity contribution in [1.82, 2.24) is 0 Å². The Morgan fingerprint density at radius 2 is 1.76 bits per heavy atom. The number of carbonyl (C=O) groups is 1. The number of amides is 1. The normalized spacial score (nSPS) is 20.3. The summed E-state index contributed by atoms with van der Waals surface area (Å²) in [4.78, 5) is 12.6. The van der Waals surface area contributed by atoms with Crippen LogP contribution in [0.1, 0.15) is 18.1 Å². The molecule has 0 saturated heterocycles. The van der Waals surface area contributed by atoms with Gasteiger partial charge in [-0.1, -0.05) is 42.5 Å².